The molecule has 0 saturated heterocycles. The first-order valence-corrected chi connectivity index (χ1v) is 8.95. The molecule has 0 aromatic heterocycles. The highest BCUT2D eigenvalue weighted by atomic mass is 79.9. The fraction of sp³-hybridized carbons (Fsp3) is 0.143. The maximum absolute atomic E-state index is 12.1. The molecule has 0 bridgehead atoms. The van der Waals surface area contributed by atoms with Gasteiger partial charge in [-0.3, -0.25) is 4.72 Å². The van der Waals surface area contributed by atoms with Crippen LogP contribution in [0.15, 0.2) is 46.9 Å². The number of hydrogen-bond donors (Lipinski definition) is 2. The molecule has 0 atom stereocenters. The molecule has 0 aliphatic heterocycles. The lowest BCUT2D eigenvalue weighted by molar-refractivity contribution is 0.600. The molecule has 2 aromatic carbocycles. The van der Waals surface area contributed by atoms with Gasteiger partial charge in [0.25, 0.3) is 0 Å². The number of benzene rings is 2. The molecule has 0 fully saturated rings. The third-order valence-electron chi connectivity index (χ3n) is 2.81. The van der Waals surface area contributed by atoms with Crippen molar-refractivity contribution in [2.24, 2.45) is 5.73 Å². The average molecular weight is 390 g/mol. The summed E-state index contributed by atoms with van der Waals surface area (Å²) in [5.41, 5.74) is 7.64. The van der Waals surface area contributed by atoms with Crippen LogP contribution < -0.4 is 10.5 Å². The van der Waals surface area contributed by atoms with Gasteiger partial charge in [-0.2, -0.15) is 0 Å². The zero-order valence-electron chi connectivity index (χ0n) is 11.0. The number of nitrogens with two attached hydrogens (primary N) is 1. The van der Waals surface area contributed by atoms with Crippen LogP contribution in [-0.2, 0) is 22.3 Å². The van der Waals surface area contributed by atoms with E-state index in [-0.39, 0.29) is 5.75 Å². The van der Waals surface area contributed by atoms with E-state index in [1.807, 2.05) is 12.1 Å². The van der Waals surface area contributed by atoms with Crippen LogP contribution >= 0.6 is 27.5 Å². The van der Waals surface area contributed by atoms with Crippen LogP contribution in [0.25, 0.3) is 0 Å². The number of sulfonamides is 1. The van der Waals surface area contributed by atoms with E-state index < -0.39 is 10.0 Å². The minimum absolute atomic E-state index is 0.0991. The SMILES string of the molecule is NCc1ccc(CS(=O)(=O)Nc2ccc(Cl)c(Br)c2)cc1. The van der Waals surface area contributed by atoms with Crippen LogP contribution in [0.2, 0.25) is 5.02 Å². The minimum Gasteiger partial charge on any atom is -0.326 e. The predicted octanol–water partition coefficient (Wildman–Crippen LogP) is 3.50. The van der Waals surface area contributed by atoms with Gasteiger partial charge in [0, 0.05) is 16.7 Å². The molecule has 21 heavy (non-hydrogen) atoms. The minimum atomic E-state index is -3.48. The quantitative estimate of drug-likeness (QED) is 0.822. The van der Waals surface area contributed by atoms with Gasteiger partial charge in [0.05, 0.1) is 10.8 Å². The van der Waals surface area contributed by atoms with Gasteiger partial charge in [0.2, 0.25) is 10.0 Å². The Balaban J connectivity index is 2.12. The molecule has 0 spiro atoms. The highest BCUT2D eigenvalue weighted by molar-refractivity contribution is 9.10. The number of nitrogens with one attached hydrogen (secondary N) is 1. The molecular weight excluding hydrogens is 376 g/mol. The summed E-state index contributed by atoms with van der Waals surface area (Å²) in [6.07, 6.45) is 0. The Kier molecular flexibility index (Phi) is 5.27. The van der Waals surface area contributed by atoms with Crippen molar-refractivity contribution in [3.63, 3.8) is 0 Å². The van der Waals surface area contributed by atoms with Crippen LogP contribution in [0, 0.1) is 0 Å². The van der Waals surface area contributed by atoms with E-state index in [0.717, 1.165) is 5.56 Å². The smallest absolute Gasteiger partial charge is 0.236 e. The number of rotatable bonds is 5. The van der Waals surface area contributed by atoms with Crippen molar-refractivity contribution in [3.05, 3.63) is 63.1 Å². The van der Waals surface area contributed by atoms with Gasteiger partial charge in [0.15, 0.2) is 0 Å². The van der Waals surface area contributed by atoms with Gasteiger partial charge in [0.1, 0.15) is 0 Å². The fourth-order valence-electron chi connectivity index (χ4n) is 1.77. The second-order valence-corrected chi connectivity index (χ2v) is 7.49. The Bertz CT molecular complexity index is 733. The van der Waals surface area contributed by atoms with Gasteiger partial charge in [-0.25, -0.2) is 8.42 Å². The van der Waals surface area contributed by atoms with Crippen molar-refractivity contribution in [1.29, 1.82) is 0 Å². The van der Waals surface area contributed by atoms with E-state index in [0.29, 0.717) is 27.3 Å². The molecule has 0 radical (unpaired) electrons. The summed E-state index contributed by atoms with van der Waals surface area (Å²) in [6, 6.07) is 12.0. The predicted molar refractivity (Wildman–Crippen MR) is 89.7 cm³/mol. The van der Waals surface area contributed by atoms with Gasteiger partial charge in [-0.05, 0) is 45.3 Å². The summed E-state index contributed by atoms with van der Waals surface area (Å²) in [6.45, 7) is 0.435. The summed E-state index contributed by atoms with van der Waals surface area (Å²) < 4.78 is 27.4. The second kappa shape index (κ2) is 6.79. The highest BCUT2D eigenvalue weighted by Gasteiger charge is 2.12. The molecule has 0 amide bonds. The van der Waals surface area contributed by atoms with Crippen molar-refractivity contribution in [3.8, 4) is 0 Å². The summed E-state index contributed by atoms with van der Waals surface area (Å²) in [5, 5.41) is 0.523. The second-order valence-electron chi connectivity index (χ2n) is 4.51. The Morgan fingerprint density at radius 3 is 2.29 bits per heavy atom. The molecule has 2 aromatic rings. The molecule has 2 rings (SSSR count). The molecule has 0 heterocycles. The van der Waals surface area contributed by atoms with Crippen molar-refractivity contribution in [1.82, 2.24) is 0 Å². The molecule has 3 N–H and O–H groups in total. The van der Waals surface area contributed by atoms with Crippen molar-refractivity contribution >= 4 is 43.2 Å². The molecule has 0 aliphatic rings. The Hall–Kier alpha value is -1.08. The fourth-order valence-corrected chi connectivity index (χ4v) is 3.45. The molecule has 0 aliphatic carbocycles. The Morgan fingerprint density at radius 1 is 1.10 bits per heavy atom. The largest absolute Gasteiger partial charge is 0.326 e. The van der Waals surface area contributed by atoms with Crippen LogP contribution in [0.1, 0.15) is 11.1 Å². The molecule has 4 nitrogen and oxygen atoms in total. The van der Waals surface area contributed by atoms with E-state index in [9.17, 15) is 8.42 Å². The van der Waals surface area contributed by atoms with Crippen LogP contribution in [-0.4, -0.2) is 8.42 Å². The Morgan fingerprint density at radius 2 is 1.71 bits per heavy atom. The van der Waals surface area contributed by atoms with Gasteiger partial charge < -0.3 is 5.73 Å². The first-order valence-electron chi connectivity index (χ1n) is 6.13. The lowest BCUT2D eigenvalue weighted by atomic mass is 10.1. The van der Waals surface area contributed by atoms with Crippen molar-refractivity contribution in [2.45, 2.75) is 12.3 Å². The zero-order valence-corrected chi connectivity index (χ0v) is 14.2. The molecule has 0 unspecified atom stereocenters. The lowest BCUT2D eigenvalue weighted by Gasteiger charge is -2.09. The zero-order chi connectivity index (χ0) is 15.5. The standard InChI is InChI=1S/C14H14BrClN2O2S/c15-13-7-12(5-6-14(13)16)18-21(19,20)9-11-3-1-10(8-17)2-4-11/h1-7,18H,8-9,17H2. The van der Waals surface area contributed by atoms with Crippen molar-refractivity contribution < 1.29 is 8.42 Å². The van der Waals surface area contributed by atoms with E-state index >= 15 is 0 Å². The third kappa shape index (κ3) is 4.71. The summed E-state index contributed by atoms with van der Waals surface area (Å²) in [5.74, 6) is -0.0991. The van der Waals surface area contributed by atoms with Crippen LogP contribution in [0.5, 0.6) is 0 Å². The van der Waals surface area contributed by atoms with Gasteiger partial charge >= 0.3 is 0 Å². The van der Waals surface area contributed by atoms with Crippen molar-refractivity contribution in [2.75, 3.05) is 4.72 Å². The van der Waals surface area contributed by atoms with Gasteiger partial charge in [-0.1, -0.05) is 35.9 Å². The summed E-state index contributed by atoms with van der Waals surface area (Å²) in [7, 11) is -3.48. The highest BCUT2D eigenvalue weighted by Crippen LogP contribution is 2.26. The van der Waals surface area contributed by atoms with E-state index in [1.165, 1.54) is 0 Å². The maximum atomic E-state index is 12.1. The molecular formula is C14H14BrClN2O2S. The normalized spacial score (nSPS) is 11.4. The van der Waals surface area contributed by atoms with E-state index in [2.05, 4.69) is 20.7 Å². The van der Waals surface area contributed by atoms with Crippen LogP contribution in [0.4, 0.5) is 5.69 Å². The number of halogens is 2. The average Bonchev–Trinajstić information content (AvgIpc) is 2.43. The summed E-state index contributed by atoms with van der Waals surface area (Å²) in [4.78, 5) is 0. The molecule has 0 saturated carbocycles. The topological polar surface area (TPSA) is 72.2 Å². The Labute approximate surface area is 137 Å². The lowest BCUT2D eigenvalue weighted by Crippen LogP contribution is -2.15. The van der Waals surface area contributed by atoms with E-state index in [1.54, 1.807) is 30.3 Å². The summed E-state index contributed by atoms with van der Waals surface area (Å²) >= 11 is 9.13. The van der Waals surface area contributed by atoms with Crippen LogP contribution in [0.3, 0.4) is 0 Å². The van der Waals surface area contributed by atoms with E-state index in [4.69, 9.17) is 17.3 Å². The monoisotopic (exact) mass is 388 g/mol. The number of anilines is 1. The third-order valence-corrected chi connectivity index (χ3v) is 5.28. The number of hydrogen-bond acceptors (Lipinski definition) is 3. The van der Waals surface area contributed by atoms with Gasteiger partial charge in [-0.15, -0.1) is 0 Å². The maximum Gasteiger partial charge on any atom is 0.236 e. The first kappa shape index (κ1) is 16.3. The first-order chi connectivity index (χ1) is 9.89. The molecule has 7 heteroatoms. The molecule has 112 valence electrons.